The van der Waals surface area contributed by atoms with Crippen molar-refractivity contribution in [3.05, 3.63) is 120 Å². The van der Waals surface area contributed by atoms with Crippen molar-refractivity contribution in [2.75, 3.05) is 5.32 Å². The number of benzene rings is 4. The molecule has 6 nitrogen and oxygen atoms in total. The average molecular weight is 478 g/mol. The van der Waals surface area contributed by atoms with E-state index in [1.54, 1.807) is 4.80 Å². The van der Waals surface area contributed by atoms with Gasteiger partial charge in [0.2, 0.25) is 5.91 Å². The van der Waals surface area contributed by atoms with Gasteiger partial charge < -0.3 is 10.6 Å². The fourth-order valence-corrected chi connectivity index (χ4v) is 4.14. The van der Waals surface area contributed by atoms with E-state index in [0.29, 0.717) is 0 Å². The normalized spacial score (nSPS) is 10.9. The standard InChI is InChI=1S/C28H23N5OS/c1-19-12-15-23(16-13-19)33-31-24-17-14-22(18-25(24)32-33)29-28(35)30-27(34)26(20-8-4-2-5-9-20)21-10-6-3-7-11-21/h2-18,26H,1H3,(H2,29,30,34,35). The Labute approximate surface area is 208 Å². The predicted octanol–water partition coefficient (Wildman–Crippen LogP) is 5.37. The lowest BCUT2D eigenvalue weighted by atomic mass is 9.90. The van der Waals surface area contributed by atoms with E-state index >= 15 is 0 Å². The van der Waals surface area contributed by atoms with Crippen LogP contribution in [0.3, 0.4) is 0 Å². The number of carbonyl (C=O) groups excluding carboxylic acids is 1. The van der Waals surface area contributed by atoms with E-state index in [-0.39, 0.29) is 11.0 Å². The second-order valence-corrected chi connectivity index (χ2v) is 8.63. The van der Waals surface area contributed by atoms with Crippen LogP contribution in [0.15, 0.2) is 103 Å². The first-order valence-corrected chi connectivity index (χ1v) is 11.6. The Balaban J connectivity index is 1.32. The minimum atomic E-state index is -0.478. The van der Waals surface area contributed by atoms with Crippen molar-refractivity contribution in [1.82, 2.24) is 20.3 Å². The third-order valence-electron chi connectivity index (χ3n) is 5.67. The van der Waals surface area contributed by atoms with Gasteiger partial charge in [-0.2, -0.15) is 4.80 Å². The molecule has 1 aromatic heterocycles. The van der Waals surface area contributed by atoms with Gasteiger partial charge in [0.1, 0.15) is 11.0 Å². The zero-order valence-electron chi connectivity index (χ0n) is 19.1. The fraction of sp³-hybridized carbons (Fsp3) is 0.0714. The van der Waals surface area contributed by atoms with Crippen molar-refractivity contribution < 1.29 is 4.79 Å². The molecule has 0 aliphatic heterocycles. The van der Waals surface area contributed by atoms with E-state index in [0.717, 1.165) is 33.5 Å². The number of nitrogens with zero attached hydrogens (tertiary/aromatic N) is 3. The van der Waals surface area contributed by atoms with Crippen LogP contribution >= 0.6 is 12.2 Å². The van der Waals surface area contributed by atoms with Gasteiger partial charge in [-0.05, 0) is 60.6 Å². The molecule has 0 fully saturated rings. The number of fused-ring (bicyclic) bond motifs is 1. The molecule has 0 bridgehead atoms. The summed E-state index contributed by atoms with van der Waals surface area (Å²) in [6, 6.07) is 32.9. The Morgan fingerprint density at radius 3 is 2.03 bits per heavy atom. The van der Waals surface area contributed by atoms with Crippen LogP contribution in [-0.2, 0) is 4.79 Å². The van der Waals surface area contributed by atoms with Gasteiger partial charge in [-0.25, -0.2) is 0 Å². The Kier molecular flexibility index (Phi) is 6.32. The van der Waals surface area contributed by atoms with Crippen LogP contribution in [0, 0.1) is 6.92 Å². The Morgan fingerprint density at radius 2 is 1.40 bits per heavy atom. The molecule has 172 valence electrons. The molecule has 4 aromatic carbocycles. The maximum absolute atomic E-state index is 13.3. The molecular formula is C28H23N5OS. The average Bonchev–Trinajstić information content (AvgIpc) is 3.29. The maximum atomic E-state index is 13.3. The number of nitrogens with one attached hydrogen (secondary N) is 2. The summed E-state index contributed by atoms with van der Waals surface area (Å²) in [4.78, 5) is 14.9. The Morgan fingerprint density at radius 1 is 0.800 bits per heavy atom. The molecule has 2 N–H and O–H groups in total. The topological polar surface area (TPSA) is 71.8 Å². The minimum absolute atomic E-state index is 0.203. The molecule has 0 radical (unpaired) electrons. The van der Waals surface area contributed by atoms with Gasteiger partial charge in [-0.15, -0.1) is 10.2 Å². The van der Waals surface area contributed by atoms with Gasteiger partial charge in [0.25, 0.3) is 0 Å². The van der Waals surface area contributed by atoms with Crippen molar-refractivity contribution in [2.24, 2.45) is 0 Å². The number of thiocarbonyl (C=S) groups is 1. The van der Waals surface area contributed by atoms with E-state index in [4.69, 9.17) is 12.2 Å². The SMILES string of the molecule is Cc1ccc(-n2nc3ccc(NC(=S)NC(=O)C(c4ccccc4)c4ccccc4)cc3n2)cc1. The lowest BCUT2D eigenvalue weighted by Crippen LogP contribution is -2.37. The van der Waals surface area contributed by atoms with Crippen LogP contribution < -0.4 is 10.6 Å². The number of aryl methyl sites for hydroxylation is 1. The van der Waals surface area contributed by atoms with Crippen LogP contribution in [0.4, 0.5) is 5.69 Å². The fourth-order valence-electron chi connectivity index (χ4n) is 3.92. The molecule has 1 amide bonds. The van der Waals surface area contributed by atoms with E-state index in [9.17, 15) is 4.79 Å². The summed E-state index contributed by atoms with van der Waals surface area (Å²) < 4.78 is 0. The summed E-state index contributed by atoms with van der Waals surface area (Å²) in [5.41, 5.74) is 6.05. The van der Waals surface area contributed by atoms with Gasteiger partial charge >= 0.3 is 0 Å². The zero-order chi connectivity index (χ0) is 24.2. The predicted molar refractivity (Wildman–Crippen MR) is 143 cm³/mol. The van der Waals surface area contributed by atoms with Crippen molar-refractivity contribution in [1.29, 1.82) is 0 Å². The summed E-state index contributed by atoms with van der Waals surface area (Å²) in [6.07, 6.45) is 0. The lowest BCUT2D eigenvalue weighted by Gasteiger charge is -2.18. The van der Waals surface area contributed by atoms with E-state index in [1.807, 2.05) is 110 Å². The first kappa shape index (κ1) is 22.4. The van der Waals surface area contributed by atoms with Crippen LogP contribution in [-0.4, -0.2) is 26.0 Å². The zero-order valence-corrected chi connectivity index (χ0v) is 19.9. The highest BCUT2D eigenvalue weighted by atomic mass is 32.1. The van der Waals surface area contributed by atoms with Crippen LogP contribution in [0.5, 0.6) is 0 Å². The number of aromatic nitrogens is 3. The van der Waals surface area contributed by atoms with Gasteiger partial charge in [-0.1, -0.05) is 78.4 Å². The van der Waals surface area contributed by atoms with Crippen LogP contribution in [0.25, 0.3) is 16.7 Å². The molecule has 0 aliphatic rings. The summed E-state index contributed by atoms with van der Waals surface area (Å²) in [6.45, 7) is 2.04. The molecule has 0 unspecified atom stereocenters. The van der Waals surface area contributed by atoms with E-state index in [2.05, 4.69) is 20.8 Å². The molecule has 0 saturated heterocycles. The monoisotopic (exact) mass is 477 g/mol. The third-order valence-corrected chi connectivity index (χ3v) is 5.87. The van der Waals surface area contributed by atoms with Crippen molar-refractivity contribution in [2.45, 2.75) is 12.8 Å². The Hall–Kier alpha value is -4.36. The second-order valence-electron chi connectivity index (χ2n) is 8.23. The molecule has 35 heavy (non-hydrogen) atoms. The second kappa shape index (κ2) is 9.87. The Bertz CT molecular complexity index is 1440. The highest BCUT2D eigenvalue weighted by molar-refractivity contribution is 7.80. The van der Waals surface area contributed by atoms with Crippen molar-refractivity contribution in [3.8, 4) is 5.69 Å². The molecule has 0 spiro atoms. The van der Waals surface area contributed by atoms with E-state index < -0.39 is 5.92 Å². The summed E-state index contributed by atoms with van der Waals surface area (Å²) in [5.74, 6) is -0.680. The smallest absolute Gasteiger partial charge is 0.238 e. The summed E-state index contributed by atoms with van der Waals surface area (Å²) in [7, 11) is 0. The number of amides is 1. The van der Waals surface area contributed by atoms with Gasteiger partial charge in [-0.3, -0.25) is 4.79 Å². The molecule has 0 saturated carbocycles. The number of rotatable bonds is 5. The first-order valence-electron chi connectivity index (χ1n) is 11.2. The molecule has 0 atom stereocenters. The molecule has 5 aromatic rings. The molecule has 7 heteroatoms. The van der Waals surface area contributed by atoms with Gasteiger partial charge in [0.05, 0.1) is 11.6 Å². The summed E-state index contributed by atoms with van der Waals surface area (Å²) in [5, 5.41) is 15.3. The largest absolute Gasteiger partial charge is 0.332 e. The highest BCUT2D eigenvalue weighted by Crippen LogP contribution is 2.25. The van der Waals surface area contributed by atoms with Gasteiger partial charge in [0.15, 0.2) is 5.11 Å². The number of carbonyl (C=O) groups is 1. The number of anilines is 1. The number of hydrogen-bond donors (Lipinski definition) is 2. The first-order chi connectivity index (χ1) is 17.1. The van der Waals surface area contributed by atoms with Crippen molar-refractivity contribution in [3.63, 3.8) is 0 Å². The lowest BCUT2D eigenvalue weighted by molar-refractivity contribution is -0.120. The molecule has 1 heterocycles. The van der Waals surface area contributed by atoms with Crippen molar-refractivity contribution >= 4 is 40.0 Å². The highest BCUT2D eigenvalue weighted by Gasteiger charge is 2.23. The van der Waals surface area contributed by atoms with Gasteiger partial charge in [0, 0.05) is 5.69 Å². The van der Waals surface area contributed by atoms with E-state index in [1.165, 1.54) is 5.56 Å². The number of hydrogen-bond acceptors (Lipinski definition) is 4. The summed E-state index contributed by atoms with van der Waals surface area (Å²) >= 11 is 5.46. The molecule has 0 aliphatic carbocycles. The third kappa shape index (κ3) is 5.10. The van der Waals surface area contributed by atoms with Crippen LogP contribution in [0.2, 0.25) is 0 Å². The van der Waals surface area contributed by atoms with Crippen LogP contribution in [0.1, 0.15) is 22.6 Å². The minimum Gasteiger partial charge on any atom is -0.332 e. The quantitative estimate of drug-likeness (QED) is 0.333. The molecule has 5 rings (SSSR count). The maximum Gasteiger partial charge on any atom is 0.238 e. The molecular weight excluding hydrogens is 454 g/mol.